The Morgan fingerprint density at radius 2 is 2.31 bits per heavy atom. The fourth-order valence-corrected chi connectivity index (χ4v) is 2.54. The van der Waals surface area contributed by atoms with Gasteiger partial charge in [0, 0.05) is 11.1 Å². The third-order valence-electron chi connectivity index (χ3n) is 3.20. The van der Waals surface area contributed by atoms with Crippen molar-refractivity contribution >= 4 is 11.6 Å². The van der Waals surface area contributed by atoms with E-state index < -0.39 is 0 Å². The first kappa shape index (κ1) is 11.7. The Balaban J connectivity index is 2.06. The molecule has 0 heterocycles. The Morgan fingerprint density at radius 3 is 2.94 bits per heavy atom. The molecule has 86 valence electrons. The van der Waals surface area contributed by atoms with Gasteiger partial charge in [0.25, 0.3) is 0 Å². The van der Waals surface area contributed by atoms with Gasteiger partial charge in [-0.2, -0.15) is 0 Å². The molecule has 0 amide bonds. The summed E-state index contributed by atoms with van der Waals surface area (Å²) in [5, 5.41) is 4.23. The highest BCUT2D eigenvalue weighted by Crippen LogP contribution is 2.23. The van der Waals surface area contributed by atoms with E-state index in [0.717, 1.165) is 11.4 Å². The van der Waals surface area contributed by atoms with Crippen LogP contribution in [0.4, 0.5) is 0 Å². The average molecular weight is 236 g/mol. The molecule has 0 bridgehead atoms. The predicted molar refractivity (Wildman–Crippen MR) is 69.9 cm³/mol. The van der Waals surface area contributed by atoms with Crippen LogP contribution in [0.3, 0.4) is 0 Å². The topological polar surface area (TPSA) is 12.0 Å². The van der Waals surface area contributed by atoms with Crippen LogP contribution in [0.1, 0.15) is 24.8 Å². The molecule has 1 aliphatic carbocycles. The van der Waals surface area contributed by atoms with Crippen LogP contribution < -0.4 is 5.32 Å². The quantitative estimate of drug-likeness (QED) is 0.787. The SMILES string of the molecule is CNC(Cc1cccc(Cl)c1)C1=CCCC1. The van der Waals surface area contributed by atoms with Gasteiger partial charge in [0.05, 0.1) is 0 Å². The van der Waals surface area contributed by atoms with E-state index in [1.165, 1.54) is 24.8 Å². The molecule has 2 rings (SSSR count). The molecular formula is C14H18ClN. The molecular weight excluding hydrogens is 218 g/mol. The van der Waals surface area contributed by atoms with Crippen LogP contribution >= 0.6 is 11.6 Å². The summed E-state index contributed by atoms with van der Waals surface area (Å²) in [6, 6.07) is 8.62. The molecule has 1 aromatic carbocycles. The van der Waals surface area contributed by atoms with Gasteiger partial charge in [-0.05, 0) is 50.4 Å². The second kappa shape index (κ2) is 5.51. The van der Waals surface area contributed by atoms with E-state index in [1.54, 1.807) is 5.57 Å². The number of allylic oxidation sites excluding steroid dienone is 1. The average Bonchev–Trinajstić information content (AvgIpc) is 2.79. The van der Waals surface area contributed by atoms with E-state index in [4.69, 9.17) is 11.6 Å². The number of rotatable bonds is 4. The fraction of sp³-hybridized carbons (Fsp3) is 0.429. The molecule has 0 saturated heterocycles. The molecule has 0 aromatic heterocycles. The zero-order chi connectivity index (χ0) is 11.4. The minimum Gasteiger partial charge on any atom is -0.313 e. The Labute approximate surface area is 103 Å². The van der Waals surface area contributed by atoms with E-state index in [0.29, 0.717) is 6.04 Å². The van der Waals surface area contributed by atoms with E-state index in [9.17, 15) is 0 Å². The minimum absolute atomic E-state index is 0.473. The molecule has 1 aliphatic rings. The second-order valence-corrected chi connectivity index (χ2v) is 4.78. The number of hydrogen-bond donors (Lipinski definition) is 1. The molecule has 0 saturated carbocycles. The van der Waals surface area contributed by atoms with Gasteiger partial charge in [0.15, 0.2) is 0 Å². The summed E-state index contributed by atoms with van der Waals surface area (Å²) in [5.41, 5.74) is 2.86. The van der Waals surface area contributed by atoms with Gasteiger partial charge >= 0.3 is 0 Å². The van der Waals surface area contributed by atoms with E-state index >= 15 is 0 Å². The zero-order valence-corrected chi connectivity index (χ0v) is 10.4. The molecule has 16 heavy (non-hydrogen) atoms. The van der Waals surface area contributed by atoms with Gasteiger partial charge in [-0.1, -0.05) is 35.4 Å². The Kier molecular flexibility index (Phi) is 4.03. The van der Waals surface area contributed by atoms with Gasteiger partial charge in [0.2, 0.25) is 0 Å². The van der Waals surface area contributed by atoms with Crippen molar-refractivity contribution in [2.45, 2.75) is 31.7 Å². The highest BCUT2D eigenvalue weighted by atomic mass is 35.5. The van der Waals surface area contributed by atoms with Crippen LogP contribution in [0, 0.1) is 0 Å². The fourth-order valence-electron chi connectivity index (χ4n) is 2.33. The maximum absolute atomic E-state index is 6.00. The van der Waals surface area contributed by atoms with Crippen molar-refractivity contribution in [2.75, 3.05) is 7.05 Å². The molecule has 1 aromatic rings. The van der Waals surface area contributed by atoms with Gasteiger partial charge in [-0.15, -0.1) is 0 Å². The summed E-state index contributed by atoms with van der Waals surface area (Å²) >= 11 is 6.00. The van der Waals surface area contributed by atoms with Crippen molar-refractivity contribution in [2.24, 2.45) is 0 Å². The normalized spacial score (nSPS) is 17.2. The molecule has 1 nitrogen and oxygen atoms in total. The standard InChI is InChI=1S/C14H18ClN/c1-16-14(12-6-2-3-7-12)10-11-5-4-8-13(15)9-11/h4-6,8-9,14,16H,2-3,7,10H2,1H3. The number of hydrogen-bond acceptors (Lipinski definition) is 1. The Bertz CT molecular complexity index is 384. The van der Waals surface area contributed by atoms with Crippen LogP contribution in [-0.2, 0) is 6.42 Å². The third kappa shape index (κ3) is 2.87. The van der Waals surface area contributed by atoms with Gasteiger partial charge in [-0.3, -0.25) is 0 Å². The molecule has 1 atom stereocenters. The highest BCUT2D eigenvalue weighted by Gasteiger charge is 2.15. The van der Waals surface area contributed by atoms with Crippen molar-refractivity contribution in [1.29, 1.82) is 0 Å². The van der Waals surface area contributed by atoms with Gasteiger partial charge < -0.3 is 5.32 Å². The number of likely N-dealkylation sites (N-methyl/N-ethyl adjacent to an activating group) is 1. The maximum Gasteiger partial charge on any atom is 0.0408 e. The molecule has 1 N–H and O–H groups in total. The molecule has 0 radical (unpaired) electrons. The monoisotopic (exact) mass is 235 g/mol. The predicted octanol–water partition coefficient (Wildman–Crippen LogP) is 3.58. The van der Waals surface area contributed by atoms with Crippen LogP contribution in [-0.4, -0.2) is 13.1 Å². The first-order valence-electron chi connectivity index (χ1n) is 5.90. The molecule has 0 aliphatic heterocycles. The highest BCUT2D eigenvalue weighted by molar-refractivity contribution is 6.30. The lowest BCUT2D eigenvalue weighted by Gasteiger charge is -2.18. The summed E-state index contributed by atoms with van der Waals surface area (Å²) < 4.78 is 0. The van der Waals surface area contributed by atoms with Crippen LogP contribution in [0.5, 0.6) is 0 Å². The lowest BCUT2D eigenvalue weighted by Crippen LogP contribution is -2.29. The van der Waals surface area contributed by atoms with E-state index in [2.05, 4.69) is 23.5 Å². The van der Waals surface area contributed by atoms with Gasteiger partial charge in [0.1, 0.15) is 0 Å². The summed E-state index contributed by atoms with van der Waals surface area (Å²) in [6.45, 7) is 0. The maximum atomic E-state index is 6.00. The second-order valence-electron chi connectivity index (χ2n) is 4.35. The Morgan fingerprint density at radius 1 is 1.44 bits per heavy atom. The van der Waals surface area contributed by atoms with Crippen LogP contribution in [0.25, 0.3) is 0 Å². The summed E-state index contributed by atoms with van der Waals surface area (Å²) in [6.07, 6.45) is 7.20. The zero-order valence-electron chi connectivity index (χ0n) is 9.67. The summed E-state index contributed by atoms with van der Waals surface area (Å²) in [7, 11) is 2.04. The molecule has 0 spiro atoms. The van der Waals surface area contributed by atoms with Crippen molar-refractivity contribution in [3.8, 4) is 0 Å². The number of benzene rings is 1. The van der Waals surface area contributed by atoms with E-state index in [-0.39, 0.29) is 0 Å². The lowest BCUT2D eigenvalue weighted by molar-refractivity contribution is 0.615. The number of halogens is 1. The molecule has 2 heteroatoms. The number of nitrogens with one attached hydrogen (secondary N) is 1. The first-order valence-corrected chi connectivity index (χ1v) is 6.28. The molecule has 0 fully saturated rings. The largest absolute Gasteiger partial charge is 0.313 e. The Hall–Kier alpha value is -0.790. The summed E-state index contributed by atoms with van der Waals surface area (Å²) in [4.78, 5) is 0. The molecule has 1 unspecified atom stereocenters. The van der Waals surface area contributed by atoms with Crippen LogP contribution in [0.15, 0.2) is 35.9 Å². The van der Waals surface area contributed by atoms with E-state index in [1.807, 2.05) is 19.2 Å². The minimum atomic E-state index is 0.473. The van der Waals surface area contributed by atoms with Crippen molar-refractivity contribution in [1.82, 2.24) is 5.32 Å². The van der Waals surface area contributed by atoms with Gasteiger partial charge in [-0.25, -0.2) is 0 Å². The van der Waals surface area contributed by atoms with Crippen LogP contribution in [0.2, 0.25) is 5.02 Å². The van der Waals surface area contributed by atoms with Crippen molar-refractivity contribution < 1.29 is 0 Å². The smallest absolute Gasteiger partial charge is 0.0408 e. The third-order valence-corrected chi connectivity index (χ3v) is 3.44. The lowest BCUT2D eigenvalue weighted by atomic mass is 9.98. The van der Waals surface area contributed by atoms with Crippen molar-refractivity contribution in [3.63, 3.8) is 0 Å². The first-order chi connectivity index (χ1) is 7.79. The van der Waals surface area contributed by atoms with Crippen molar-refractivity contribution in [3.05, 3.63) is 46.5 Å². The summed E-state index contributed by atoms with van der Waals surface area (Å²) in [5.74, 6) is 0.